The zero-order valence-electron chi connectivity index (χ0n) is 12.9. The minimum absolute atomic E-state index is 0.0798. The van der Waals surface area contributed by atoms with Crippen molar-refractivity contribution in [3.8, 4) is 10.6 Å². The molecule has 0 aliphatic heterocycles. The number of hydrogen-bond acceptors (Lipinski definition) is 0. The molecule has 2 atom stereocenters. The molecule has 0 radical (unpaired) electrons. The lowest BCUT2D eigenvalue weighted by molar-refractivity contribution is 1.33. The SMILES string of the molecule is Cc1c(C)c(-c2c(C)c(C)c(C)p2C)p(C)c1C. The Morgan fingerprint density at radius 3 is 0.944 bits per heavy atom. The summed E-state index contributed by atoms with van der Waals surface area (Å²) in [4.78, 5) is 0. The smallest absolute Gasteiger partial charge is 0.00858 e. The lowest BCUT2D eigenvalue weighted by Crippen LogP contribution is -1.80. The van der Waals surface area contributed by atoms with Gasteiger partial charge in [0, 0.05) is 10.6 Å². The van der Waals surface area contributed by atoms with Crippen molar-refractivity contribution in [1.29, 1.82) is 0 Å². The fourth-order valence-corrected chi connectivity index (χ4v) is 8.14. The van der Waals surface area contributed by atoms with Crippen LogP contribution in [0.4, 0.5) is 0 Å². The average Bonchev–Trinajstić information content (AvgIpc) is 2.64. The Kier molecular flexibility index (Phi) is 3.56. The van der Waals surface area contributed by atoms with Crippen LogP contribution < -0.4 is 0 Å². The summed E-state index contributed by atoms with van der Waals surface area (Å²) in [7, 11) is -0.160. The second kappa shape index (κ2) is 4.59. The molecule has 2 heteroatoms. The van der Waals surface area contributed by atoms with E-state index in [0.717, 1.165) is 0 Å². The zero-order valence-corrected chi connectivity index (χ0v) is 14.7. The van der Waals surface area contributed by atoms with Gasteiger partial charge in [-0.3, -0.25) is 0 Å². The van der Waals surface area contributed by atoms with Gasteiger partial charge >= 0.3 is 0 Å². The maximum absolute atomic E-state index is 2.44. The van der Waals surface area contributed by atoms with E-state index in [2.05, 4.69) is 54.9 Å². The summed E-state index contributed by atoms with van der Waals surface area (Å²) in [6.45, 7) is 18.8. The van der Waals surface area contributed by atoms with Crippen molar-refractivity contribution < 1.29 is 0 Å². The molecule has 0 fully saturated rings. The van der Waals surface area contributed by atoms with Crippen molar-refractivity contribution in [2.45, 2.75) is 41.5 Å². The van der Waals surface area contributed by atoms with E-state index in [1.165, 1.54) is 0 Å². The van der Waals surface area contributed by atoms with E-state index in [9.17, 15) is 0 Å². The van der Waals surface area contributed by atoms with Gasteiger partial charge in [0.05, 0.1) is 0 Å². The minimum atomic E-state index is -0.0798. The summed E-state index contributed by atoms with van der Waals surface area (Å²) in [5.74, 6) is 0. The van der Waals surface area contributed by atoms with Crippen LogP contribution in [0.2, 0.25) is 0 Å². The van der Waals surface area contributed by atoms with Gasteiger partial charge in [-0.2, -0.15) is 0 Å². The molecule has 0 saturated carbocycles. The third kappa shape index (κ3) is 1.74. The third-order valence-corrected chi connectivity index (χ3v) is 10.1. The van der Waals surface area contributed by atoms with Gasteiger partial charge in [-0.25, -0.2) is 0 Å². The molecule has 2 heterocycles. The monoisotopic (exact) mass is 278 g/mol. The molecule has 2 unspecified atom stereocenters. The second-order valence-corrected chi connectivity index (χ2v) is 9.96. The Morgan fingerprint density at radius 1 is 0.500 bits per heavy atom. The first kappa shape index (κ1) is 14.0. The van der Waals surface area contributed by atoms with Crippen molar-refractivity contribution in [2.75, 3.05) is 0 Å². The van der Waals surface area contributed by atoms with Crippen LogP contribution in [0.15, 0.2) is 0 Å². The first-order chi connectivity index (χ1) is 8.29. The second-order valence-electron chi connectivity index (χ2n) is 5.49. The molecule has 0 N–H and O–H groups in total. The molecular weight excluding hydrogens is 254 g/mol. The highest BCUT2D eigenvalue weighted by Gasteiger charge is 2.20. The molecule has 0 spiro atoms. The molecule has 0 saturated heterocycles. The van der Waals surface area contributed by atoms with E-state index in [-0.39, 0.29) is 15.1 Å². The van der Waals surface area contributed by atoms with Crippen molar-refractivity contribution in [1.82, 2.24) is 0 Å². The lowest BCUT2D eigenvalue weighted by atomic mass is 10.1. The molecule has 2 aromatic rings. The van der Waals surface area contributed by atoms with Gasteiger partial charge in [-0.15, -0.1) is 15.1 Å². The van der Waals surface area contributed by atoms with Gasteiger partial charge in [-0.05, 0) is 87.7 Å². The molecule has 2 rings (SSSR count). The summed E-state index contributed by atoms with van der Waals surface area (Å²) < 4.78 is 0. The summed E-state index contributed by atoms with van der Waals surface area (Å²) >= 11 is 0. The standard InChI is InChI=1S/C16H24P2/c1-9-11(3)15(17(7)13(9)5)16-12(4)10(2)14(6)18(16)8/h1-8H3. The predicted octanol–water partition coefficient (Wildman–Crippen LogP) is 6.25. The highest BCUT2D eigenvalue weighted by Crippen LogP contribution is 2.57. The van der Waals surface area contributed by atoms with Gasteiger partial charge < -0.3 is 0 Å². The van der Waals surface area contributed by atoms with E-state index in [4.69, 9.17) is 0 Å². The molecule has 0 aromatic carbocycles. The van der Waals surface area contributed by atoms with Crippen LogP contribution >= 0.6 is 15.1 Å². The number of rotatable bonds is 1. The normalized spacial score (nSPS) is 13.3. The lowest BCUT2D eigenvalue weighted by Gasteiger charge is -2.08. The van der Waals surface area contributed by atoms with Gasteiger partial charge in [-0.1, -0.05) is 0 Å². The quantitative estimate of drug-likeness (QED) is 0.578. The van der Waals surface area contributed by atoms with Gasteiger partial charge in [0.1, 0.15) is 0 Å². The van der Waals surface area contributed by atoms with E-state index in [1.54, 1.807) is 43.4 Å². The Labute approximate surface area is 114 Å². The molecule has 2 aromatic heterocycles. The van der Waals surface area contributed by atoms with E-state index in [0.29, 0.717) is 0 Å². The van der Waals surface area contributed by atoms with Crippen molar-refractivity contribution in [3.05, 3.63) is 32.8 Å². The highest BCUT2D eigenvalue weighted by molar-refractivity contribution is 7.57. The maximum Gasteiger partial charge on any atom is 0.00858 e. The topological polar surface area (TPSA) is 0 Å². The number of hydrogen-bond donors (Lipinski definition) is 0. The van der Waals surface area contributed by atoms with Crippen LogP contribution in [0.3, 0.4) is 0 Å². The Balaban J connectivity index is 2.86. The zero-order chi connectivity index (χ0) is 13.8. The fraction of sp³-hybridized carbons (Fsp3) is 0.500. The summed E-state index contributed by atoms with van der Waals surface area (Å²) in [6, 6.07) is 0. The fourth-order valence-electron chi connectivity index (χ4n) is 2.91. The Hall–Kier alpha value is -0.440. The predicted molar refractivity (Wildman–Crippen MR) is 87.7 cm³/mol. The third-order valence-electron chi connectivity index (χ3n) is 4.82. The molecule has 0 bridgehead atoms. The van der Waals surface area contributed by atoms with Gasteiger partial charge in [0.2, 0.25) is 0 Å². The van der Waals surface area contributed by atoms with Crippen LogP contribution in [-0.2, 0) is 13.3 Å². The Bertz CT molecular complexity index is 517. The summed E-state index contributed by atoms with van der Waals surface area (Å²) in [6.07, 6.45) is 0. The molecule has 0 amide bonds. The molecule has 0 nitrogen and oxygen atoms in total. The van der Waals surface area contributed by atoms with Crippen LogP contribution in [0.5, 0.6) is 0 Å². The van der Waals surface area contributed by atoms with Crippen LogP contribution in [0, 0.1) is 41.5 Å². The van der Waals surface area contributed by atoms with Gasteiger partial charge in [0.25, 0.3) is 0 Å². The van der Waals surface area contributed by atoms with E-state index in [1.807, 2.05) is 0 Å². The van der Waals surface area contributed by atoms with Crippen molar-refractivity contribution in [2.24, 2.45) is 13.3 Å². The van der Waals surface area contributed by atoms with Crippen LogP contribution in [-0.4, -0.2) is 0 Å². The highest BCUT2D eigenvalue weighted by atomic mass is 31.1. The molecule has 0 aliphatic rings. The maximum atomic E-state index is 2.44. The van der Waals surface area contributed by atoms with E-state index >= 15 is 0 Å². The minimum Gasteiger partial charge on any atom is -0.116 e. The van der Waals surface area contributed by atoms with Crippen molar-refractivity contribution in [3.63, 3.8) is 0 Å². The molecule has 0 aliphatic carbocycles. The largest absolute Gasteiger partial charge is 0.116 e. The molecule has 18 heavy (non-hydrogen) atoms. The van der Waals surface area contributed by atoms with E-state index < -0.39 is 0 Å². The van der Waals surface area contributed by atoms with Crippen LogP contribution in [0.25, 0.3) is 10.6 Å². The van der Waals surface area contributed by atoms with Gasteiger partial charge in [0.15, 0.2) is 0 Å². The summed E-state index contributed by atoms with van der Waals surface area (Å²) in [5.41, 5.74) is 6.22. The first-order valence-corrected chi connectivity index (χ1v) is 10.1. The Morgan fingerprint density at radius 2 is 0.778 bits per heavy atom. The average molecular weight is 278 g/mol. The van der Waals surface area contributed by atoms with Crippen molar-refractivity contribution >= 4 is 15.1 Å². The summed E-state index contributed by atoms with van der Waals surface area (Å²) in [5, 5.41) is 6.65. The first-order valence-electron chi connectivity index (χ1n) is 6.54. The van der Waals surface area contributed by atoms with Crippen LogP contribution in [0.1, 0.15) is 32.8 Å². The molecular formula is C16H24P2. The molecule has 98 valence electrons.